The summed E-state index contributed by atoms with van der Waals surface area (Å²) in [5.41, 5.74) is 3.44. The molecule has 2 heteroatoms. The standard InChI is InChI=1S/C12H13NO.C2H6/c14-7-3-4-10-8-11-5-1-2-6-12(11)13-9-10;1-2/h2-4,6,8-9,14H,1,5,7H2;1-2H3/b4-3+;. The van der Waals surface area contributed by atoms with Gasteiger partial charge in [0.05, 0.1) is 12.3 Å². The lowest BCUT2D eigenvalue weighted by Crippen LogP contribution is -1.97. The molecule has 1 heterocycles. The molecule has 0 saturated carbocycles. The van der Waals surface area contributed by atoms with Gasteiger partial charge in [0.25, 0.3) is 0 Å². The van der Waals surface area contributed by atoms with Crippen LogP contribution in [0, 0.1) is 0 Å². The minimum Gasteiger partial charge on any atom is -0.392 e. The fraction of sp³-hybridized carbons (Fsp3) is 0.357. The quantitative estimate of drug-likeness (QED) is 0.825. The van der Waals surface area contributed by atoms with E-state index in [4.69, 9.17) is 5.11 Å². The number of hydrogen-bond donors (Lipinski definition) is 1. The molecule has 0 aromatic carbocycles. The van der Waals surface area contributed by atoms with Gasteiger partial charge in [-0.25, -0.2) is 0 Å². The van der Waals surface area contributed by atoms with Gasteiger partial charge in [-0.1, -0.05) is 32.1 Å². The van der Waals surface area contributed by atoms with Crippen LogP contribution >= 0.6 is 0 Å². The molecule has 0 aliphatic heterocycles. The number of allylic oxidation sites excluding steroid dienone is 1. The normalized spacial score (nSPS) is 13.2. The molecule has 1 aromatic rings. The maximum atomic E-state index is 8.65. The van der Waals surface area contributed by atoms with Crippen molar-refractivity contribution in [2.45, 2.75) is 26.7 Å². The van der Waals surface area contributed by atoms with Crippen molar-refractivity contribution >= 4 is 12.2 Å². The second-order valence-corrected chi connectivity index (χ2v) is 3.34. The van der Waals surface area contributed by atoms with Gasteiger partial charge in [0.15, 0.2) is 0 Å². The van der Waals surface area contributed by atoms with E-state index >= 15 is 0 Å². The second-order valence-electron chi connectivity index (χ2n) is 3.34. The average Bonchev–Trinajstić information content (AvgIpc) is 2.38. The third kappa shape index (κ3) is 3.31. The molecule has 1 aliphatic carbocycles. The minimum atomic E-state index is 0.0803. The number of fused-ring (bicyclic) bond motifs is 1. The van der Waals surface area contributed by atoms with Crippen LogP contribution in [0.25, 0.3) is 12.2 Å². The molecule has 86 valence electrons. The first-order chi connectivity index (χ1) is 7.90. The Hall–Kier alpha value is -1.41. The monoisotopic (exact) mass is 217 g/mol. The molecule has 0 amide bonds. The van der Waals surface area contributed by atoms with E-state index in [0.29, 0.717) is 0 Å². The van der Waals surface area contributed by atoms with E-state index in [1.165, 1.54) is 5.56 Å². The fourth-order valence-corrected chi connectivity index (χ4v) is 1.60. The molecule has 1 N–H and O–H groups in total. The molecule has 0 spiro atoms. The van der Waals surface area contributed by atoms with Crippen LogP contribution in [0.4, 0.5) is 0 Å². The summed E-state index contributed by atoms with van der Waals surface area (Å²) in [5.74, 6) is 0. The van der Waals surface area contributed by atoms with E-state index in [0.717, 1.165) is 24.1 Å². The number of aliphatic hydroxyl groups is 1. The lowest BCUT2D eigenvalue weighted by molar-refractivity contribution is 0.343. The highest BCUT2D eigenvalue weighted by atomic mass is 16.2. The van der Waals surface area contributed by atoms with Crippen molar-refractivity contribution in [3.05, 3.63) is 41.2 Å². The zero-order valence-corrected chi connectivity index (χ0v) is 9.98. The van der Waals surface area contributed by atoms with Gasteiger partial charge in [0.2, 0.25) is 0 Å². The minimum absolute atomic E-state index is 0.0803. The van der Waals surface area contributed by atoms with Crippen molar-refractivity contribution in [3.63, 3.8) is 0 Å². The van der Waals surface area contributed by atoms with Gasteiger partial charge < -0.3 is 5.11 Å². The number of pyridine rings is 1. The third-order valence-electron chi connectivity index (χ3n) is 2.29. The van der Waals surface area contributed by atoms with Crippen LogP contribution in [-0.2, 0) is 6.42 Å². The smallest absolute Gasteiger partial charge is 0.0658 e. The van der Waals surface area contributed by atoms with Gasteiger partial charge in [-0.05, 0) is 36.1 Å². The maximum Gasteiger partial charge on any atom is 0.0658 e. The van der Waals surface area contributed by atoms with Crippen molar-refractivity contribution in [3.8, 4) is 0 Å². The van der Waals surface area contributed by atoms with Crippen LogP contribution in [0.15, 0.2) is 24.4 Å². The topological polar surface area (TPSA) is 33.1 Å². The van der Waals surface area contributed by atoms with Gasteiger partial charge in [0, 0.05) is 6.20 Å². The van der Waals surface area contributed by atoms with E-state index in [-0.39, 0.29) is 6.61 Å². The first kappa shape index (κ1) is 12.7. The highest BCUT2D eigenvalue weighted by molar-refractivity contribution is 5.57. The van der Waals surface area contributed by atoms with Crippen LogP contribution in [0.5, 0.6) is 0 Å². The molecule has 0 unspecified atom stereocenters. The summed E-state index contributed by atoms with van der Waals surface area (Å²) < 4.78 is 0. The molecule has 0 bridgehead atoms. The molecule has 2 nitrogen and oxygen atoms in total. The predicted octanol–water partition coefficient (Wildman–Crippen LogP) is 3.07. The van der Waals surface area contributed by atoms with Crippen molar-refractivity contribution in [2.24, 2.45) is 0 Å². The van der Waals surface area contributed by atoms with Crippen LogP contribution in [0.1, 0.15) is 37.1 Å². The summed E-state index contributed by atoms with van der Waals surface area (Å²) >= 11 is 0. The Morgan fingerprint density at radius 2 is 2.25 bits per heavy atom. The number of nitrogens with zero attached hydrogens (tertiary/aromatic N) is 1. The van der Waals surface area contributed by atoms with E-state index < -0.39 is 0 Å². The van der Waals surface area contributed by atoms with E-state index in [1.807, 2.05) is 26.1 Å². The summed E-state index contributed by atoms with van der Waals surface area (Å²) in [5, 5.41) is 8.65. The highest BCUT2D eigenvalue weighted by Crippen LogP contribution is 2.18. The van der Waals surface area contributed by atoms with Gasteiger partial charge >= 0.3 is 0 Å². The number of aromatic nitrogens is 1. The molecular formula is C14H19NO. The number of aryl methyl sites for hydroxylation is 1. The Morgan fingerprint density at radius 1 is 1.44 bits per heavy atom. The van der Waals surface area contributed by atoms with E-state index in [2.05, 4.69) is 23.2 Å². The Kier molecular flexibility index (Phi) is 5.51. The molecule has 1 aliphatic rings. The number of hydrogen-bond acceptors (Lipinski definition) is 2. The largest absolute Gasteiger partial charge is 0.392 e. The van der Waals surface area contributed by atoms with Crippen molar-refractivity contribution < 1.29 is 5.11 Å². The predicted molar refractivity (Wildman–Crippen MR) is 69.1 cm³/mol. The van der Waals surface area contributed by atoms with Gasteiger partial charge in [-0.3, -0.25) is 4.98 Å². The summed E-state index contributed by atoms with van der Waals surface area (Å²) in [4.78, 5) is 4.35. The van der Waals surface area contributed by atoms with Crippen LogP contribution < -0.4 is 0 Å². The van der Waals surface area contributed by atoms with Gasteiger partial charge in [-0.2, -0.15) is 0 Å². The van der Waals surface area contributed by atoms with Crippen molar-refractivity contribution in [2.75, 3.05) is 6.61 Å². The molecule has 2 rings (SSSR count). The van der Waals surface area contributed by atoms with Crippen molar-refractivity contribution in [1.82, 2.24) is 4.98 Å². The number of rotatable bonds is 2. The maximum absolute atomic E-state index is 8.65. The van der Waals surface area contributed by atoms with Crippen LogP contribution in [0.2, 0.25) is 0 Å². The average molecular weight is 217 g/mol. The molecule has 0 atom stereocenters. The molecule has 1 aromatic heterocycles. The van der Waals surface area contributed by atoms with E-state index in [1.54, 1.807) is 6.08 Å². The highest BCUT2D eigenvalue weighted by Gasteiger charge is 2.04. The fourth-order valence-electron chi connectivity index (χ4n) is 1.60. The lowest BCUT2D eigenvalue weighted by atomic mass is 10.0. The first-order valence-electron chi connectivity index (χ1n) is 5.83. The summed E-state index contributed by atoms with van der Waals surface area (Å²) in [6, 6.07) is 2.14. The zero-order chi connectivity index (χ0) is 11.8. The lowest BCUT2D eigenvalue weighted by Gasteiger charge is -2.09. The molecule has 0 fully saturated rings. The van der Waals surface area contributed by atoms with E-state index in [9.17, 15) is 0 Å². The molecule has 0 radical (unpaired) electrons. The zero-order valence-electron chi connectivity index (χ0n) is 9.98. The Bertz CT molecular complexity index is 380. The first-order valence-corrected chi connectivity index (χ1v) is 5.83. The molecular weight excluding hydrogens is 198 g/mol. The summed E-state index contributed by atoms with van der Waals surface area (Å²) in [7, 11) is 0. The van der Waals surface area contributed by atoms with Gasteiger partial charge in [-0.15, -0.1) is 0 Å². The third-order valence-corrected chi connectivity index (χ3v) is 2.29. The Labute approximate surface area is 97.4 Å². The SMILES string of the molecule is CC.OC/C=C/c1cnc2c(c1)CCC=C2. The molecule has 16 heavy (non-hydrogen) atoms. The Balaban J connectivity index is 0.000000606. The van der Waals surface area contributed by atoms with Crippen LogP contribution in [-0.4, -0.2) is 16.7 Å². The van der Waals surface area contributed by atoms with Crippen LogP contribution in [0.3, 0.4) is 0 Å². The summed E-state index contributed by atoms with van der Waals surface area (Å²) in [6.07, 6.45) is 11.8. The van der Waals surface area contributed by atoms with Gasteiger partial charge in [0.1, 0.15) is 0 Å². The molecule has 0 saturated heterocycles. The Morgan fingerprint density at radius 3 is 3.00 bits per heavy atom. The number of aliphatic hydroxyl groups excluding tert-OH is 1. The van der Waals surface area contributed by atoms with Crippen molar-refractivity contribution in [1.29, 1.82) is 0 Å². The second kappa shape index (κ2) is 6.96. The summed E-state index contributed by atoms with van der Waals surface area (Å²) in [6.45, 7) is 4.08.